The number of nitrogen functional groups attached to an aromatic ring is 1. The molecule has 1 heterocycles. The molecule has 110 valence electrons. The fraction of sp³-hybridized carbons (Fsp3) is 0.765. The van der Waals surface area contributed by atoms with Gasteiger partial charge < -0.3 is 5.73 Å². The lowest BCUT2D eigenvalue weighted by atomic mass is 9.80. The topological polar surface area (TPSA) is 51.8 Å². The van der Waals surface area contributed by atoms with Crippen molar-refractivity contribution in [2.75, 3.05) is 5.73 Å². The number of hydrogen-bond donors (Lipinski definition) is 1. The highest BCUT2D eigenvalue weighted by atomic mass is 15.0. The van der Waals surface area contributed by atoms with Gasteiger partial charge in [-0.25, -0.2) is 9.97 Å². The molecule has 2 aliphatic carbocycles. The van der Waals surface area contributed by atoms with Crippen molar-refractivity contribution in [1.82, 2.24) is 9.97 Å². The Balaban J connectivity index is 1.81. The zero-order chi connectivity index (χ0) is 13.9. The maximum atomic E-state index is 6.22. The van der Waals surface area contributed by atoms with E-state index in [2.05, 4.69) is 11.9 Å². The molecular weight excluding hydrogens is 246 g/mol. The average molecular weight is 273 g/mol. The molecule has 3 nitrogen and oxygen atoms in total. The highest BCUT2D eigenvalue weighted by Gasteiger charge is 2.25. The number of rotatable bonds is 2. The van der Waals surface area contributed by atoms with Gasteiger partial charge in [0.25, 0.3) is 0 Å². The fourth-order valence-corrected chi connectivity index (χ4v) is 3.83. The second-order valence-corrected chi connectivity index (χ2v) is 6.58. The molecule has 2 N–H and O–H groups in total. The Labute approximate surface area is 122 Å². The van der Waals surface area contributed by atoms with Crippen LogP contribution in [0.4, 0.5) is 5.82 Å². The van der Waals surface area contributed by atoms with Crippen molar-refractivity contribution in [3.8, 4) is 0 Å². The number of aryl methyl sites for hydroxylation is 1. The van der Waals surface area contributed by atoms with Crippen molar-refractivity contribution in [2.24, 2.45) is 5.92 Å². The van der Waals surface area contributed by atoms with E-state index in [1.807, 2.05) is 0 Å². The van der Waals surface area contributed by atoms with Crippen molar-refractivity contribution >= 4 is 5.82 Å². The molecule has 2 aliphatic rings. The predicted octanol–water partition coefficient (Wildman–Crippen LogP) is 4.01. The Morgan fingerprint density at radius 1 is 1.00 bits per heavy atom. The molecule has 1 aromatic heterocycles. The van der Waals surface area contributed by atoms with Crippen molar-refractivity contribution in [3.63, 3.8) is 0 Å². The standard InChI is InChI=1S/C17H27N3/c1-2-12-8-10-13(11-9-12)17-19-15-7-5-3-4-6-14(15)16(18)20-17/h12-13H,2-11H2,1H3,(H2,18,19,20). The molecule has 1 saturated carbocycles. The summed E-state index contributed by atoms with van der Waals surface area (Å²) in [5, 5.41) is 0. The van der Waals surface area contributed by atoms with Crippen LogP contribution in [-0.4, -0.2) is 9.97 Å². The van der Waals surface area contributed by atoms with E-state index in [-0.39, 0.29) is 0 Å². The van der Waals surface area contributed by atoms with Crippen LogP contribution in [0.3, 0.4) is 0 Å². The summed E-state index contributed by atoms with van der Waals surface area (Å²) in [6, 6.07) is 0. The predicted molar refractivity (Wildman–Crippen MR) is 82.7 cm³/mol. The molecule has 0 unspecified atom stereocenters. The smallest absolute Gasteiger partial charge is 0.134 e. The first-order valence-corrected chi connectivity index (χ1v) is 8.43. The van der Waals surface area contributed by atoms with Gasteiger partial charge >= 0.3 is 0 Å². The van der Waals surface area contributed by atoms with Crippen molar-refractivity contribution in [3.05, 3.63) is 17.1 Å². The Hall–Kier alpha value is -1.12. The monoisotopic (exact) mass is 273 g/mol. The van der Waals surface area contributed by atoms with Gasteiger partial charge in [-0.1, -0.05) is 19.8 Å². The molecule has 3 heteroatoms. The van der Waals surface area contributed by atoms with Gasteiger partial charge in [0.05, 0.1) is 0 Å². The zero-order valence-electron chi connectivity index (χ0n) is 12.7. The van der Waals surface area contributed by atoms with Crippen LogP contribution in [0.2, 0.25) is 0 Å². The number of fused-ring (bicyclic) bond motifs is 1. The van der Waals surface area contributed by atoms with Crippen molar-refractivity contribution in [2.45, 2.75) is 77.0 Å². The largest absolute Gasteiger partial charge is 0.383 e. The van der Waals surface area contributed by atoms with Crippen LogP contribution in [0.25, 0.3) is 0 Å². The van der Waals surface area contributed by atoms with Crippen LogP contribution in [0.15, 0.2) is 0 Å². The van der Waals surface area contributed by atoms with Gasteiger partial charge in [-0.15, -0.1) is 0 Å². The summed E-state index contributed by atoms with van der Waals surface area (Å²) >= 11 is 0. The minimum absolute atomic E-state index is 0.550. The summed E-state index contributed by atoms with van der Waals surface area (Å²) in [7, 11) is 0. The molecule has 0 atom stereocenters. The third kappa shape index (κ3) is 2.82. The van der Waals surface area contributed by atoms with Crippen LogP contribution in [0, 0.1) is 5.92 Å². The SMILES string of the molecule is CCC1CCC(c2nc(N)c3c(n2)CCCCC3)CC1. The first-order valence-electron chi connectivity index (χ1n) is 8.43. The fourth-order valence-electron chi connectivity index (χ4n) is 3.83. The van der Waals surface area contributed by atoms with Gasteiger partial charge in [0.15, 0.2) is 0 Å². The summed E-state index contributed by atoms with van der Waals surface area (Å²) in [6.45, 7) is 2.31. The third-order valence-electron chi connectivity index (χ3n) is 5.27. The summed E-state index contributed by atoms with van der Waals surface area (Å²) in [5.41, 5.74) is 8.72. The Kier molecular flexibility index (Phi) is 4.23. The van der Waals surface area contributed by atoms with Gasteiger partial charge in [0.1, 0.15) is 11.6 Å². The molecule has 0 radical (unpaired) electrons. The number of aromatic nitrogens is 2. The van der Waals surface area contributed by atoms with Gasteiger partial charge in [-0.05, 0) is 57.3 Å². The lowest BCUT2D eigenvalue weighted by Crippen LogP contribution is -2.17. The van der Waals surface area contributed by atoms with Crippen LogP contribution >= 0.6 is 0 Å². The van der Waals surface area contributed by atoms with Gasteiger partial charge in [-0.3, -0.25) is 0 Å². The van der Waals surface area contributed by atoms with E-state index < -0.39 is 0 Å². The molecule has 0 aromatic carbocycles. The summed E-state index contributed by atoms with van der Waals surface area (Å²) in [5.74, 6) is 3.28. The Bertz CT molecular complexity index is 462. The number of anilines is 1. The van der Waals surface area contributed by atoms with Crippen molar-refractivity contribution < 1.29 is 0 Å². The Morgan fingerprint density at radius 3 is 2.50 bits per heavy atom. The quantitative estimate of drug-likeness (QED) is 0.828. The van der Waals surface area contributed by atoms with Crippen LogP contribution in [-0.2, 0) is 12.8 Å². The second-order valence-electron chi connectivity index (χ2n) is 6.58. The van der Waals surface area contributed by atoms with E-state index in [0.29, 0.717) is 5.92 Å². The molecule has 20 heavy (non-hydrogen) atoms. The summed E-state index contributed by atoms with van der Waals surface area (Å²) in [6.07, 6.45) is 12.4. The molecule has 3 rings (SSSR count). The molecule has 1 aromatic rings. The van der Waals surface area contributed by atoms with E-state index in [9.17, 15) is 0 Å². The van der Waals surface area contributed by atoms with Gasteiger partial charge in [-0.2, -0.15) is 0 Å². The molecule has 0 saturated heterocycles. The van der Waals surface area contributed by atoms with Crippen LogP contribution < -0.4 is 5.73 Å². The molecular formula is C17H27N3. The lowest BCUT2D eigenvalue weighted by molar-refractivity contribution is 0.312. The maximum Gasteiger partial charge on any atom is 0.134 e. The second kappa shape index (κ2) is 6.11. The lowest BCUT2D eigenvalue weighted by Gasteiger charge is -2.27. The van der Waals surface area contributed by atoms with Gasteiger partial charge in [0.2, 0.25) is 0 Å². The maximum absolute atomic E-state index is 6.22. The van der Waals surface area contributed by atoms with E-state index in [1.54, 1.807) is 0 Å². The zero-order valence-corrected chi connectivity index (χ0v) is 12.7. The van der Waals surface area contributed by atoms with E-state index in [1.165, 1.54) is 62.6 Å². The highest BCUT2D eigenvalue weighted by Crippen LogP contribution is 2.36. The first kappa shape index (κ1) is 13.8. The third-order valence-corrected chi connectivity index (χ3v) is 5.27. The minimum Gasteiger partial charge on any atom is -0.383 e. The normalized spacial score (nSPS) is 26.9. The Morgan fingerprint density at radius 2 is 1.75 bits per heavy atom. The van der Waals surface area contributed by atoms with E-state index in [0.717, 1.165) is 30.4 Å². The summed E-state index contributed by atoms with van der Waals surface area (Å²) < 4.78 is 0. The minimum atomic E-state index is 0.550. The first-order chi connectivity index (χ1) is 9.78. The van der Waals surface area contributed by atoms with E-state index in [4.69, 9.17) is 10.7 Å². The number of nitrogens with two attached hydrogens (primary N) is 1. The molecule has 0 aliphatic heterocycles. The molecule has 0 spiro atoms. The molecule has 1 fully saturated rings. The van der Waals surface area contributed by atoms with E-state index >= 15 is 0 Å². The van der Waals surface area contributed by atoms with Crippen LogP contribution in [0.5, 0.6) is 0 Å². The van der Waals surface area contributed by atoms with Gasteiger partial charge in [0, 0.05) is 17.2 Å². The average Bonchev–Trinajstić information content (AvgIpc) is 2.73. The van der Waals surface area contributed by atoms with Crippen molar-refractivity contribution in [1.29, 1.82) is 0 Å². The number of hydrogen-bond acceptors (Lipinski definition) is 3. The summed E-state index contributed by atoms with van der Waals surface area (Å²) in [4.78, 5) is 9.59. The molecule has 0 amide bonds. The molecule has 0 bridgehead atoms. The number of nitrogens with zero attached hydrogens (tertiary/aromatic N) is 2. The highest BCUT2D eigenvalue weighted by molar-refractivity contribution is 5.43. The van der Waals surface area contributed by atoms with Crippen LogP contribution in [0.1, 0.15) is 81.3 Å².